The van der Waals surface area contributed by atoms with Gasteiger partial charge in [0.25, 0.3) is 0 Å². The predicted octanol–water partition coefficient (Wildman–Crippen LogP) is 3.61. The summed E-state index contributed by atoms with van der Waals surface area (Å²) in [6, 6.07) is 5.39. The minimum absolute atomic E-state index is 0.569. The molecule has 1 saturated carbocycles. The highest BCUT2D eigenvalue weighted by atomic mass is 79.9. The van der Waals surface area contributed by atoms with Gasteiger partial charge in [-0.25, -0.2) is 0 Å². The highest BCUT2D eigenvalue weighted by Gasteiger charge is 2.47. The Hall–Kier alpha value is -0.540. The second-order valence-corrected chi connectivity index (χ2v) is 5.04. The summed E-state index contributed by atoms with van der Waals surface area (Å²) in [4.78, 5) is 11.3. The van der Waals surface area contributed by atoms with Gasteiger partial charge in [0.15, 0.2) is 0 Å². The SMILES string of the molecule is O=C(O)C1(c2cccc(Cl)c2Br)CCC1. The lowest BCUT2D eigenvalue weighted by molar-refractivity contribution is -0.147. The number of halogens is 2. The summed E-state index contributed by atoms with van der Waals surface area (Å²) in [6.45, 7) is 0. The molecule has 0 atom stereocenters. The summed E-state index contributed by atoms with van der Waals surface area (Å²) in [5, 5.41) is 9.86. The normalized spacial score (nSPS) is 18.3. The van der Waals surface area contributed by atoms with E-state index in [0.717, 1.165) is 12.0 Å². The minimum atomic E-state index is -0.753. The van der Waals surface area contributed by atoms with Gasteiger partial charge in [0.1, 0.15) is 0 Å². The largest absolute Gasteiger partial charge is 0.481 e. The quantitative estimate of drug-likeness (QED) is 0.903. The van der Waals surface area contributed by atoms with Gasteiger partial charge < -0.3 is 5.11 Å². The first-order chi connectivity index (χ1) is 7.08. The molecule has 0 amide bonds. The van der Waals surface area contributed by atoms with Gasteiger partial charge in [-0.2, -0.15) is 0 Å². The molecule has 0 heterocycles. The van der Waals surface area contributed by atoms with Crippen molar-refractivity contribution in [2.24, 2.45) is 0 Å². The van der Waals surface area contributed by atoms with Crippen LogP contribution in [0.1, 0.15) is 24.8 Å². The van der Waals surface area contributed by atoms with Gasteiger partial charge in [-0.15, -0.1) is 0 Å². The van der Waals surface area contributed by atoms with Crippen molar-refractivity contribution in [3.63, 3.8) is 0 Å². The highest BCUT2D eigenvalue weighted by molar-refractivity contribution is 9.10. The Labute approximate surface area is 101 Å². The molecule has 2 nitrogen and oxygen atoms in total. The molecule has 4 heteroatoms. The summed E-state index contributed by atoms with van der Waals surface area (Å²) in [6.07, 6.45) is 2.35. The predicted molar refractivity (Wildman–Crippen MR) is 62.3 cm³/mol. The number of benzene rings is 1. The van der Waals surface area contributed by atoms with Gasteiger partial charge in [-0.1, -0.05) is 30.2 Å². The maximum absolute atomic E-state index is 11.3. The Balaban J connectivity index is 2.53. The highest BCUT2D eigenvalue weighted by Crippen LogP contribution is 2.47. The lowest BCUT2D eigenvalue weighted by Crippen LogP contribution is -2.42. The molecule has 0 aromatic heterocycles. The number of carbonyl (C=O) groups is 1. The van der Waals surface area contributed by atoms with E-state index in [1.807, 2.05) is 6.07 Å². The first kappa shape index (κ1) is 11.0. The first-order valence-corrected chi connectivity index (χ1v) is 5.93. The Kier molecular flexibility index (Phi) is 2.77. The fourth-order valence-corrected chi connectivity index (χ4v) is 2.82. The van der Waals surface area contributed by atoms with Gasteiger partial charge >= 0.3 is 5.97 Å². The first-order valence-electron chi connectivity index (χ1n) is 4.76. The van der Waals surface area contributed by atoms with Crippen molar-refractivity contribution >= 4 is 33.5 Å². The molecular formula is C11H10BrClO2. The van der Waals surface area contributed by atoms with Crippen LogP contribution in [0.4, 0.5) is 0 Å². The summed E-state index contributed by atoms with van der Waals surface area (Å²) in [5.41, 5.74) is 0.0813. The van der Waals surface area contributed by atoms with E-state index in [4.69, 9.17) is 11.6 Å². The average Bonchev–Trinajstić information content (AvgIpc) is 2.09. The number of rotatable bonds is 2. The third-order valence-electron chi connectivity index (χ3n) is 3.08. The van der Waals surface area contributed by atoms with Crippen LogP contribution in [-0.2, 0) is 10.2 Å². The topological polar surface area (TPSA) is 37.3 Å². The number of hydrogen-bond donors (Lipinski definition) is 1. The zero-order chi connectivity index (χ0) is 11.1. The standard InChI is InChI=1S/C11H10BrClO2/c12-9-7(3-1-4-8(9)13)11(10(14)15)5-2-6-11/h1,3-4H,2,5-6H2,(H,14,15). The summed E-state index contributed by atoms with van der Waals surface area (Å²) in [5.74, 6) is -0.753. The Morgan fingerprint density at radius 3 is 2.60 bits per heavy atom. The Morgan fingerprint density at radius 2 is 2.13 bits per heavy atom. The number of carboxylic acid groups (broad SMARTS) is 1. The average molecular weight is 290 g/mol. The van der Waals surface area contributed by atoms with Crippen molar-refractivity contribution in [1.82, 2.24) is 0 Å². The van der Waals surface area contributed by atoms with Gasteiger partial charge in [0.2, 0.25) is 0 Å². The molecule has 1 aromatic rings. The third kappa shape index (κ3) is 1.58. The monoisotopic (exact) mass is 288 g/mol. The second-order valence-electron chi connectivity index (χ2n) is 3.84. The lowest BCUT2D eigenvalue weighted by Gasteiger charge is -2.38. The molecule has 1 N–H and O–H groups in total. The van der Waals surface area contributed by atoms with E-state index in [-0.39, 0.29) is 0 Å². The number of carboxylic acids is 1. The van der Waals surface area contributed by atoms with Crippen LogP contribution in [0.5, 0.6) is 0 Å². The zero-order valence-corrected chi connectivity index (χ0v) is 10.3. The number of aliphatic carboxylic acids is 1. The van der Waals surface area contributed by atoms with E-state index in [2.05, 4.69) is 15.9 Å². The van der Waals surface area contributed by atoms with Gasteiger partial charge in [-0.05, 0) is 40.4 Å². The van der Waals surface area contributed by atoms with Gasteiger partial charge in [0, 0.05) is 4.47 Å². The zero-order valence-electron chi connectivity index (χ0n) is 7.96. The maximum atomic E-state index is 11.3. The van der Waals surface area contributed by atoms with E-state index in [0.29, 0.717) is 22.3 Å². The van der Waals surface area contributed by atoms with Crippen LogP contribution in [-0.4, -0.2) is 11.1 Å². The summed E-state index contributed by atoms with van der Waals surface area (Å²) < 4.78 is 0.716. The molecule has 0 saturated heterocycles. The Bertz CT molecular complexity index is 413. The minimum Gasteiger partial charge on any atom is -0.481 e. The van der Waals surface area contributed by atoms with Gasteiger partial charge in [-0.3, -0.25) is 4.79 Å². The van der Waals surface area contributed by atoms with E-state index >= 15 is 0 Å². The van der Waals surface area contributed by atoms with Crippen molar-refractivity contribution in [1.29, 1.82) is 0 Å². The fraction of sp³-hybridized carbons (Fsp3) is 0.364. The molecule has 1 aromatic carbocycles. The molecule has 0 bridgehead atoms. The summed E-state index contributed by atoms with van der Waals surface area (Å²) in [7, 11) is 0. The van der Waals surface area contributed by atoms with Crippen molar-refractivity contribution in [2.45, 2.75) is 24.7 Å². The van der Waals surface area contributed by atoms with Crippen molar-refractivity contribution in [3.8, 4) is 0 Å². The molecule has 0 aliphatic heterocycles. The van der Waals surface area contributed by atoms with Gasteiger partial charge in [0.05, 0.1) is 10.4 Å². The maximum Gasteiger partial charge on any atom is 0.314 e. The molecule has 2 rings (SSSR count). The summed E-state index contributed by atoms with van der Waals surface area (Å²) >= 11 is 9.33. The van der Waals surface area contributed by atoms with E-state index in [9.17, 15) is 9.90 Å². The van der Waals surface area contributed by atoms with Crippen molar-refractivity contribution in [2.75, 3.05) is 0 Å². The molecule has 80 valence electrons. The van der Waals surface area contributed by atoms with Crippen molar-refractivity contribution in [3.05, 3.63) is 33.3 Å². The second kappa shape index (κ2) is 3.80. The molecule has 1 fully saturated rings. The van der Waals surface area contributed by atoms with Crippen LogP contribution < -0.4 is 0 Å². The van der Waals surface area contributed by atoms with Crippen LogP contribution in [0.3, 0.4) is 0 Å². The van der Waals surface area contributed by atoms with Crippen LogP contribution in [0.2, 0.25) is 5.02 Å². The third-order valence-corrected chi connectivity index (χ3v) is 4.48. The van der Waals surface area contributed by atoms with Crippen molar-refractivity contribution < 1.29 is 9.90 Å². The van der Waals surface area contributed by atoms with Crippen LogP contribution in [0, 0.1) is 0 Å². The van der Waals surface area contributed by atoms with E-state index < -0.39 is 11.4 Å². The molecule has 0 unspecified atom stereocenters. The van der Waals surface area contributed by atoms with Crippen LogP contribution in [0.15, 0.2) is 22.7 Å². The molecular weight excluding hydrogens is 279 g/mol. The molecule has 15 heavy (non-hydrogen) atoms. The lowest BCUT2D eigenvalue weighted by atomic mass is 9.64. The van der Waals surface area contributed by atoms with E-state index in [1.165, 1.54) is 0 Å². The van der Waals surface area contributed by atoms with Crippen LogP contribution >= 0.6 is 27.5 Å². The molecule has 1 aliphatic carbocycles. The fourth-order valence-electron chi connectivity index (χ4n) is 2.00. The molecule has 0 radical (unpaired) electrons. The van der Waals surface area contributed by atoms with Crippen LogP contribution in [0.25, 0.3) is 0 Å². The molecule has 0 spiro atoms. The smallest absolute Gasteiger partial charge is 0.314 e. The Morgan fingerprint density at radius 1 is 1.47 bits per heavy atom. The molecule has 1 aliphatic rings. The number of hydrogen-bond acceptors (Lipinski definition) is 1. The van der Waals surface area contributed by atoms with E-state index in [1.54, 1.807) is 12.1 Å².